The highest BCUT2D eigenvalue weighted by Gasteiger charge is 2.13. The molecule has 5 nitrogen and oxygen atoms in total. The Hall–Kier alpha value is -2.09. The maximum Gasteiger partial charge on any atom is 0.251 e. The molecule has 1 aliphatic rings. The van der Waals surface area contributed by atoms with Crippen LogP contribution in [0.4, 0.5) is 5.69 Å². The first-order valence-electron chi connectivity index (χ1n) is 8.66. The number of nitrogens with zero attached hydrogens (tertiary/aromatic N) is 1. The predicted molar refractivity (Wildman–Crippen MR) is 117 cm³/mol. The van der Waals surface area contributed by atoms with Crippen molar-refractivity contribution in [2.24, 2.45) is 10.7 Å². The molecule has 2 aromatic rings. The Morgan fingerprint density at radius 3 is 2.73 bits per heavy atom. The Bertz CT molecular complexity index is 804. The number of aryl methyl sites for hydroxylation is 1. The summed E-state index contributed by atoms with van der Waals surface area (Å²) in [6.45, 7) is 0.429. The van der Waals surface area contributed by atoms with E-state index < -0.39 is 0 Å². The predicted octanol–water partition coefficient (Wildman–Crippen LogP) is 3.47. The molecule has 0 unspecified atom stereocenters. The molecule has 138 valence electrons. The Balaban J connectivity index is 0.00000243. The van der Waals surface area contributed by atoms with Crippen LogP contribution in [0.2, 0.25) is 0 Å². The van der Waals surface area contributed by atoms with Gasteiger partial charge in [-0.25, -0.2) is 4.99 Å². The molecule has 4 N–H and O–H groups in total. The average Bonchev–Trinajstić information content (AvgIpc) is 2.66. The fourth-order valence-electron chi connectivity index (χ4n) is 3.21. The van der Waals surface area contributed by atoms with Crippen LogP contribution in [-0.4, -0.2) is 18.9 Å². The van der Waals surface area contributed by atoms with Crippen molar-refractivity contribution in [1.29, 1.82) is 0 Å². The molecule has 1 aliphatic carbocycles. The molecule has 2 aromatic carbocycles. The van der Waals surface area contributed by atoms with Gasteiger partial charge in [0.25, 0.3) is 5.91 Å². The van der Waals surface area contributed by atoms with Crippen molar-refractivity contribution >= 4 is 41.5 Å². The van der Waals surface area contributed by atoms with Gasteiger partial charge in [-0.1, -0.05) is 24.3 Å². The van der Waals surface area contributed by atoms with Crippen molar-refractivity contribution in [3.63, 3.8) is 0 Å². The number of guanidine groups is 1. The number of hydrogen-bond acceptors (Lipinski definition) is 2. The second kappa shape index (κ2) is 9.56. The van der Waals surface area contributed by atoms with Crippen LogP contribution in [0.1, 0.15) is 39.9 Å². The zero-order chi connectivity index (χ0) is 17.6. The van der Waals surface area contributed by atoms with Gasteiger partial charge in [0.15, 0.2) is 5.96 Å². The van der Waals surface area contributed by atoms with Crippen molar-refractivity contribution in [3.05, 3.63) is 64.7 Å². The first kappa shape index (κ1) is 20.2. The number of aliphatic imine (C=N–C) groups is 1. The van der Waals surface area contributed by atoms with Crippen molar-refractivity contribution < 1.29 is 4.79 Å². The molecule has 3 rings (SSSR count). The molecule has 0 aromatic heterocycles. The number of carbonyl (C=O) groups is 1. The number of rotatable bonds is 4. The lowest BCUT2D eigenvalue weighted by Gasteiger charge is -2.19. The number of amides is 1. The van der Waals surface area contributed by atoms with Gasteiger partial charge in [0.05, 0.1) is 6.54 Å². The van der Waals surface area contributed by atoms with E-state index >= 15 is 0 Å². The summed E-state index contributed by atoms with van der Waals surface area (Å²) >= 11 is 0. The van der Waals surface area contributed by atoms with Crippen LogP contribution >= 0.6 is 24.0 Å². The van der Waals surface area contributed by atoms with Gasteiger partial charge in [0.1, 0.15) is 0 Å². The molecule has 6 heteroatoms. The third kappa shape index (κ3) is 4.97. The van der Waals surface area contributed by atoms with E-state index in [9.17, 15) is 4.79 Å². The normalized spacial score (nSPS) is 13.3. The standard InChI is InChI=1S/C20H24N4O.HI/c1-22-19(25)16-9-4-6-14(12-16)13-23-20(21)24-18-11-5-8-15-7-2-3-10-17(15)18;/h4-6,8-9,11-12H,2-3,7,10,13H2,1H3,(H,22,25)(H3,21,23,24);1H. The van der Waals surface area contributed by atoms with Gasteiger partial charge in [-0.3, -0.25) is 4.79 Å². The molecule has 0 bridgehead atoms. The molecule has 1 amide bonds. The maximum atomic E-state index is 11.7. The first-order valence-corrected chi connectivity index (χ1v) is 8.66. The van der Waals surface area contributed by atoms with Crippen LogP contribution < -0.4 is 16.4 Å². The summed E-state index contributed by atoms with van der Waals surface area (Å²) in [4.78, 5) is 16.1. The molecule has 0 aliphatic heterocycles. The summed E-state index contributed by atoms with van der Waals surface area (Å²) in [6.07, 6.45) is 4.69. The SMILES string of the molecule is CNC(=O)c1cccc(CN=C(N)Nc2cccc3c2CCCC3)c1.I. The van der Waals surface area contributed by atoms with Crippen molar-refractivity contribution in [2.75, 3.05) is 12.4 Å². The lowest BCUT2D eigenvalue weighted by atomic mass is 9.90. The Morgan fingerprint density at radius 2 is 1.92 bits per heavy atom. The fourth-order valence-corrected chi connectivity index (χ4v) is 3.21. The first-order chi connectivity index (χ1) is 12.2. The summed E-state index contributed by atoms with van der Waals surface area (Å²) in [5.74, 6) is 0.289. The zero-order valence-corrected chi connectivity index (χ0v) is 17.2. The monoisotopic (exact) mass is 464 g/mol. The Morgan fingerprint density at radius 1 is 1.15 bits per heavy atom. The summed E-state index contributed by atoms with van der Waals surface area (Å²) in [5.41, 5.74) is 11.5. The average molecular weight is 464 g/mol. The number of halogens is 1. The van der Waals surface area contributed by atoms with E-state index in [2.05, 4.69) is 33.8 Å². The molecule has 26 heavy (non-hydrogen) atoms. The highest BCUT2D eigenvalue weighted by molar-refractivity contribution is 14.0. The molecular weight excluding hydrogens is 439 g/mol. The summed E-state index contributed by atoms with van der Waals surface area (Å²) in [6, 6.07) is 13.7. The second-order valence-corrected chi connectivity index (χ2v) is 6.26. The van der Waals surface area contributed by atoms with E-state index in [1.54, 1.807) is 13.1 Å². The van der Waals surface area contributed by atoms with E-state index in [1.165, 1.54) is 24.0 Å². The Kier molecular flexibility index (Phi) is 7.44. The van der Waals surface area contributed by atoms with Gasteiger partial charge in [0.2, 0.25) is 0 Å². The molecule has 0 atom stereocenters. The Labute approximate surface area is 171 Å². The summed E-state index contributed by atoms with van der Waals surface area (Å²) in [5, 5.41) is 5.86. The molecule has 0 saturated heterocycles. The molecule has 0 spiro atoms. The van der Waals surface area contributed by atoms with Crippen LogP contribution in [0.15, 0.2) is 47.5 Å². The smallest absolute Gasteiger partial charge is 0.251 e. The molecule has 0 heterocycles. The third-order valence-corrected chi connectivity index (χ3v) is 4.51. The fraction of sp³-hybridized carbons (Fsp3) is 0.300. The van der Waals surface area contributed by atoms with Gasteiger partial charge >= 0.3 is 0 Å². The number of nitrogens with one attached hydrogen (secondary N) is 2. The molecule has 0 radical (unpaired) electrons. The zero-order valence-electron chi connectivity index (χ0n) is 14.9. The molecule has 0 fully saturated rings. The number of anilines is 1. The number of carbonyl (C=O) groups excluding carboxylic acids is 1. The summed E-state index contributed by atoms with van der Waals surface area (Å²) < 4.78 is 0. The van der Waals surface area contributed by atoms with Crippen molar-refractivity contribution in [3.8, 4) is 0 Å². The molecular formula is C20H25IN4O. The van der Waals surface area contributed by atoms with Gasteiger partial charge in [-0.15, -0.1) is 24.0 Å². The number of nitrogens with two attached hydrogens (primary N) is 1. The quantitative estimate of drug-likeness (QED) is 0.369. The third-order valence-electron chi connectivity index (χ3n) is 4.51. The minimum atomic E-state index is -0.104. The highest BCUT2D eigenvalue weighted by atomic mass is 127. The second-order valence-electron chi connectivity index (χ2n) is 6.26. The van der Waals surface area contributed by atoms with Gasteiger partial charge < -0.3 is 16.4 Å². The lowest BCUT2D eigenvalue weighted by molar-refractivity contribution is 0.0963. The van der Waals surface area contributed by atoms with E-state index in [0.29, 0.717) is 18.1 Å². The minimum Gasteiger partial charge on any atom is -0.370 e. The van der Waals surface area contributed by atoms with Crippen LogP contribution in [0.3, 0.4) is 0 Å². The largest absolute Gasteiger partial charge is 0.370 e. The van der Waals surface area contributed by atoms with Crippen molar-refractivity contribution in [2.45, 2.75) is 32.2 Å². The van der Waals surface area contributed by atoms with Crippen LogP contribution in [0.25, 0.3) is 0 Å². The minimum absolute atomic E-state index is 0. The van der Waals surface area contributed by atoms with Crippen molar-refractivity contribution in [1.82, 2.24) is 5.32 Å². The lowest BCUT2D eigenvalue weighted by Crippen LogP contribution is -2.24. The van der Waals surface area contributed by atoms with Gasteiger partial charge in [0, 0.05) is 18.3 Å². The van der Waals surface area contributed by atoms with E-state index in [-0.39, 0.29) is 29.9 Å². The van der Waals surface area contributed by atoms with Crippen LogP contribution in [0, 0.1) is 0 Å². The van der Waals surface area contributed by atoms with E-state index in [0.717, 1.165) is 24.1 Å². The number of benzene rings is 2. The van der Waals surface area contributed by atoms with E-state index in [1.807, 2.05) is 18.2 Å². The van der Waals surface area contributed by atoms with Gasteiger partial charge in [-0.05, 0) is 60.6 Å². The number of hydrogen-bond donors (Lipinski definition) is 3. The van der Waals surface area contributed by atoms with E-state index in [4.69, 9.17) is 5.73 Å². The van der Waals surface area contributed by atoms with Crippen LogP contribution in [0.5, 0.6) is 0 Å². The number of fused-ring (bicyclic) bond motifs is 1. The topological polar surface area (TPSA) is 79.5 Å². The van der Waals surface area contributed by atoms with Gasteiger partial charge in [-0.2, -0.15) is 0 Å². The molecule has 0 saturated carbocycles. The highest BCUT2D eigenvalue weighted by Crippen LogP contribution is 2.27. The maximum absolute atomic E-state index is 11.7. The van der Waals surface area contributed by atoms with Crippen LogP contribution in [-0.2, 0) is 19.4 Å². The summed E-state index contributed by atoms with van der Waals surface area (Å²) in [7, 11) is 1.62.